The second kappa shape index (κ2) is 4.24. The van der Waals surface area contributed by atoms with E-state index in [1.54, 1.807) is 11.3 Å². The molecule has 0 unspecified atom stereocenters. The van der Waals surface area contributed by atoms with Crippen LogP contribution in [0.4, 0.5) is 0 Å². The number of fused-ring (bicyclic) bond motifs is 1. The quantitative estimate of drug-likeness (QED) is 0.614. The lowest BCUT2D eigenvalue weighted by atomic mass is 10.2. The average molecular weight is 304 g/mol. The van der Waals surface area contributed by atoms with Crippen molar-refractivity contribution in [3.63, 3.8) is 0 Å². The highest BCUT2D eigenvalue weighted by molar-refractivity contribution is 9.10. The average Bonchev–Trinajstić information content (AvgIpc) is 2.72. The standard InChI is InChI=1S/C14H10BrNS/c1-9-6-7-12-13(8-9)17-14(16-12)10-4-2-3-5-11(10)15/h2-8H,1H3. The molecule has 0 aliphatic rings. The number of thiazole rings is 1. The molecule has 3 heteroatoms. The molecule has 3 aromatic rings. The van der Waals surface area contributed by atoms with E-state index in [0.717, 1.165) is 20.6 Å². The smallest absolute Gasteiger partial charge is 0.125 e. The van der Waals surface area contributed by atoms with Crippen molar-refractivity contribution in [2.24, 2.45) is 0 Å². The molecule has 3 rings (SSSR count). The van der Waals surface area contributed by atoms with E-state index in [1.165, 1.54) is 10.3 Å². The van der Waals surface area contributed by atoms with Gasteiger partial charge >= 0.3 is 0 Å². The molecule has 0 aliphatic carbocycles. The Balaban J connectivity index is 2.22. The van der Waals surface area contributed by atoms with Crippen molar-refractivity contribution < 1.29 is 0 Å². The van der Waals surface area contributed by atoms with Crippen LogP contribution < -0.4 is 0 Å². The van der Waals surface area contributed by atoms with Gasteiger partial charge in [-0.25, -0.2) is 4.98 Å². The maximum Gasteiger partial charge on any atom is 0.125 e. The summed E-state index contributed by atoms with van der Waals surface area (Å²) in [7, 11) is 0. The van der Waals surface area contributed by atoms with Crippen LogP contribution in [-0.4, -0.2) is 4.98 Å². The highest BCUT2D eigenvalue weighted by atomic mass is 79.9. The second-order valence-corrected chi connectivity index (χ2v) is 5.86. The molecule has 0 bridgehead atoms. The van der Waals surface area contributed by atoms with E-state index in [9.17, 15) is 0 Å². The van der Waals surface area contributed by atoms with Crippen LogP contribution in [0.5, 0.6) is 0 Å². The molecular weight excluding hydrogens is 294 g/mol. The molecule has 0 amide bonds. The van der Waals surface area contributed by atoms with Crippen molar-refractivity contribution in [3.05, 3.63) is 52.5 Å². The van der Waals surface area contributed by atoms with Gasteiger partial charge in [-0.1, -0.05) is 40.2 Å². The van der Waals surface area contributed by atoms with Gasteiger partial charge < -0.3 is 0 Å². The van der Waals surface area contributed by atoms with Crippen molar-refractivity contribution in [2.75, 3.05) is 0 Å². The molecule has 0 atom stereocenters. The summed E-state index contributed by atoms with van der Waals surface area (Å²) >= 11 is 5.31. The summed E-state index contributed by atoms with van der Waals surface area (Å²) in [6.45, 7) is 2.11. The van der Waals surface area contributed by atoms with Crippen molar-refractivity contribution >= 4 is 37.5 Å². The lowest BCUT2D eigenvalue weighted by molar-refractivity contribution is 1.45. The van der Waals surface area contributed by atoms with Crippen LogP contribution in [-0.2, 0) is 0 Å². The van der Waals surface area contributed by atoms with Crippen LogP contribution in [0.1, 0.15) is 5.56 Å². The molecule has 1 heterocycles. The predicted molar refractivity (Wildman–Crippen MR) is 77.5 cm³/mol. The third kappa shape index (κ3) is 2.01. The summed E-state index contributed by atoms with van der Waals surface area (Å²) < 4.78 is 2.34. The van der Waals surface area contributed by atoms with Gasteiger partial charge in [0.1, 0.15) is 5.01 Å². The SMILES string of the molecule is Cc1ccc2nc(-c3ccccc3Br)sc2c1. The molecule has 0 fully saturated rings. The van der Waals surface area contributed by atoms with Gasteiger partial charge in [0.2, 0.25) is 0 Å². The number of hydrogen-bond donors (Lipinski definition) is 0. The van der Waals surface area contributed by atoms with Gasteiger partial charge in [0, 0.05) is 10.0 Å². The first-order valence-electron chi connectivity index (χ1n) is 5.36. The van der Waals surface area contributed by atoms with Gasteiger partial charge in [0.15, 0.2) is 0 Å². The normalized spacial score (nSPS) is 10.9. The Kier molecular flexibility index (Phi) is 2.73. The number of rotatable bonds is 1. The lowest BCUT2D eigenvalue weighted by Crippen LogP contribution is -1.77. The van der Waals surface area contributed by atoms with Crippen LogP contribution in [0.15, 0.2) is 46.9 Å². The zero-order valence-corrected chi connectivity index (χ0v) is 11.7. The zero-order valence-electron chi connectivity index (χ0n) is 9.27. The minimum absolute atomic E-state index is 1.07. The zero-order chi connectivity index (χ0) is 11.8. The summed E-state index contributed by atoms with van der Waals surface area (Å²) in [6.07, 6.45) is 0. The van der Waals surface area contributed by atoms with Crippen molar-refractivity contribution in [3.8, 4) is 10.6 Å². The molecule has 0 aliphatic heterocycles. The van der Waals surface area contributed by atoms with Crippen LogP contribution in [0.3, 0.4) is 0 Å². The molecule has 0 radical (unpaired) electrons. The molecule has 84 valence electrons. The minimum Gasteiger partial charge on any atom is -0.236 e. The third-order valence-electron chi connectivity index (χ3n) is 2.65. The van der Waals surface area contributed by atoms with Gasteiger partial charge in [-0.2, -0.15) is 0 Å². The van der Waals surface area contributed by atoms with E-state index in [4.69, 9.17) is 0 Å². The fraction of sp³-hybridized carbons (Fsp3) is 0.0714. The summed E-state index contributed by atoms with van der Waals surface area (Å²) in [5.74, 6) is 0. The number of halogens is 1. The summed E-state index contributed by atoms with van der Waals surface area (Å²) in [6, 6.07) is 14.6. The Morgan fingerprint density at radius 2 is 1.94 bits per heavy atom. The first-order chi connectivity index (χ1) is 8.24. The first kappa shape index (κ1) is 10.9. The largest absolute Gasteiger partial charge is 0.236 e. The number of benzene rings is 2. The van der Waals surface area contributed by atoms with Gasteiger partial charge in [0.25, 0.3) is 0 Å². The van der Waals surface area contributed by atoms with Crippen LogP contribution in [0, 0.1) is 6.92 Å². The second-order valence-electron chi connectivity index (χ2n) is 3.97. The maximum absolute atomic E-state index is 4.67. The number of aryl methyl sites for hydroxylation is 1. The van der Waals surface area contributed by atoms with Crippen LogP contribution in [0.2, 0.25) is 0 Å². The topological polar surface area (TPSA) is 12.9 Å². The summed E-state index contributed by atoms with van der Waals surface area (Å²) in [5, 5.41) is 1.07. The van der Waals surface area contributed by atoms with E-state index >= 15 is 0 Å². The van der Waals surface area contributed by atoms with E-state index in [0.29, 0.717) is 0 Å². The predicted octanol–water partition coefficient (Wildman–Crippen LogP) is 5.03. The lowest BCUT2D eigenvalue weighted by Gasteiger charge is -1.97. The molecule has 0 saturated heterocycles. The van der Waals surface area contributed by atoms with Crippen molar-refractivity contribution in [1.29, 1.82) is 0 Å². The van der Waals surface area contributed by atoms with Gasteiger partial charge in [-0.05, 0) is 30.7 Å². The molecule has 1 aromatic heterocycles. The Morgan fingerprint density at radius 1 is 1.12 bits per heavy atom. The van der Waals surface area contributed by atoms with Crippen LogP contribution in [0.25, 0.3) is 20.8 Å². The Morgan fingerprint density at radius 3 is 2.76 bits per heavy atom. The molecule has 0 spiro atoms. The van der Waals surface area contributed by atoms with Gasteiger partial charge in [-0.3, -0.25) is 0 Å². The van der Waals surface area contributed by atoms with E-state index in [2.05, 4.69) is 52.1 Å². The summed E-state index contributed by atoms with van der Waals surface area (Å²) in [5.41, 5.74) is 3.51. The molecule has 0 N–H and O–H groups in total. The molecule has 2 aromatic carbocycles. The highest BCUT2D eigenvalue weighted by Gasteiger charge is 2.08. The summed E-state index contributed by atoms with van der Waals surface area (Å²) in [4.78, 5) is 4.67. The highest BCUT2D eigenvalue weighted by Crippen LogP contribution is 2.34. The van der Waals surface area contributed by atoms with Gasteiger partial charge in [0.05, 0.1) is 10.2 Å². The van der Waals surface area contributed by atoms with Crippen molar-refractivity contribution in [2.45, 2.75) is 6.92 Å². The Labute approximate surface area is 112 Å². The molecule has 17 heavy (non-hydrogen) atoms. The Bertz CT molecular complexity index is 688. The number of aromatic nitrogens is 1. The van der Waals surface area contributed by atoms with Gasteiger partial charge in [-0.15, -0.1) is 11.3 Å². The van der Waals surface area contributed by atoms with E-state index in [1.807, 2.05) is 18.2 Å². The van der Waals surface area contributed by atoms with E-state index < -0.39 is 0 Å². The fourth-order valence-corrected chi connectivity index (χ4v) is 3.49. The van der Waals surface area contributed by atoms with Crippen molar-refractivity contribution in [1.82, 2.24) is 4.98 Å². The minimum atomic E-state index is 1.07. The molecular formula is C14H10BrNS. The molecule has 1 nitrogen and oxygen atoms in total. The maximum atomic E-state index is 4.67. The van der Waals surface area contributed by atoms with E-state index in [-0.39, 0.29) is 0 Å². The first-order valence-corrected chi connectivity index (χ1v) is 6.97. The number of hydrogen-bond acceptors (Lipinski definition) is 2. The van der Waals surface area contributed by atoms with Crippen LogP contribution >= 0.6 is 27.3 Å². The molecule has 0 saturated carbocycles. The Hall–Kier alpha value is -1.19. The monoisotopic (exact) mass is 303 g/mol. The third-order valence-corrected chi connectivity index (χ3v) is 4.39. The number of nitrogens with zero attached hydrogens (tertiary/aromatic N) is 1. The fourth-order valence-electron chi connectivity index (χ4n) is 1.78.